The van der Waals surface area contributed by atoms with E-state index in [9.17, 15) is 9.59 Å². The van der Waals surface area contributed by atoms with Crippen LogP contribution in [-0.2, 0) is 11.3 Å². The van der Waals surface area contributed by atoms with Crippen LogP contribution in [0.25, 0.3) is 10.9 Å². The lowest BCUT2D eigenvalue weighted by Gasteiger charge is -2.11. The Morgan fingerprint density at radius 1 is 1.12 bits per heavy atom. The Balaban J connectivity index is 1.79. The van der Waals surface area contributed by atoms with Gasteiger partial charge in [0.2, 0.25) is 0 Å². The van der Waals surface area contributed by atoms with Crippen LogP contribution in [0.5, 0.6) is 0 Å². The van der Waals surface area contributed by atoms with Crippen molar-refractivity contribution in [1.82, 2.24) is 4.98 Å². The maximum Gasteiger partial charge on any atom is 0.338 e. The van der Waals surface area contributed by atoms with E-state index in [2.05, 4.69) is 10.3 Å². The van der Waals surface area contributed by atoms with Gasteiger partial charge in [-0.1, -0.05) is 12.1 Å². The molecule has 1 aromatic heterocycles. The summed E-state index contributed by atoms with van der Waals surface area (Å²) in [5.74, 6) is -0.337. The number of aromatic amines is 1. The number of aryl methyl sites for hydroxylation is 1. The minimum Gasteiger partial charge on any atom is -0.462 e. The predicted molar refractivity (Wildman–Crippen MR) is 99.0 cm³/mol. The van der Waals surface area contributed by atoms with Gasteiger partial charge in [0.1, 0.15) is 0 Å². The topological polar surface area (TPSA) is 71.2 Å². The van der Waals surface area contributed by atoms with Crippen LogP contribution in [0, 0.1) is 6.92 Å². The Labute approximate surface area is 145 Å². The van der Waals surface area contributed by atoms with E-state index < -0.39 is 0 Å². The molecular formula is C20H20N2O3. The Bertz CT molecular complexity index is 959. The van der Waals surface area contributed by atoms with Crippen LogP contribution in [0.2, 0.25) is 0 Å². The van der Waals surface area contributed by atoms with E-state index in [4.69, 9.17) is 4.74 Å². The molecule has 3 rings (SSSR count). The van der Waals surface area contributed by atoms with Gasteiger partial charge in [-0.2, -0.15) is 0 Å². The second kappa shape index (κ2) is 7.21. The molecule has 0 bridgehead atoms. The van der Waals surface area contributed by atoms with Gasteiger partial charge in [-0.05, 0) is 50.2 Å². The van der Waals surface area contributed by atoms with E-state index in [1.165, 1.54) is 0 Å². The number of hydrogen-bond acceptors (Lipinski definition) is 4. The van der Waals surface area contributed by atoms with Gasteiger partial charge in [0.25, 0.3) is 0 Å². The number of rotatable bonds is 5. The summed E-state index contributed by atoms with van der Waals surface area (Å²) >= 11 is 0. The number of carbonyl (C=O) groups is 1. The van der Waals surface area contributed by atoms with Crippen LogP contribution < -0.4 is 10.7 Å². The molecule has 0 fully saturated rings. The Morgan fingerprint density at radius 3 is 2.56 bits per heavy atom. The first kappa shape index (κ1) is 16.8. The van der Waals surface area contributed by atoms with Gasteiger partial charge in [0.05, 0.1) is 12.2 Å². The third-order valence-electron chi connectivity index (χ3n) is 4.09. The molecule has 25 heavy (non-hydrogen) atoms. The number of esters is 1. The number of ether oxygens (including phenoxy) is 1. The van der Waals surface area contributed by atoms with Crippen LogP contribution in [0.15, 0.2) is 53.3 Å². The van der Waals surface area contributed by atoms with Gasteiger partial charge >= 0.3 is 5.97 Å². The normalized spacial score (nSPS) is 10.6. The summed E-state index contributed by atoms with van der Waals surface area (Å²) in [4.78, 5) is 27.6. The molecule has 0 amide bonds. The van der Waals surface area contributed by atoms with E-state index in [1.54, 1.807) is 31.2 Å². The fraction of sp³-hybridized carbons (Fsp3) is 0.200. The molecule has 0 saturated heterocycles. The molecule has 0 atom stereocenters. The number of nitrogens with one attached hydrogen (secondary N) is 2. The summed E-state index contributed by atoms with van der Waals surface area (Å²) in [7, 11) is 0. The highest BCUT2D eigenvalue weighted by Crippen LogP contribution is 2.14. The molecule has 2 N–H and O–H groups in total. The van der Waals surface area contributed by atoms with Gasteiger partial charge < -0.3 is 15.0 Å². The molecule has 0 radical (unpaired) electrons. The SMILES string of the molecule is CCOC(=O)c1ccc(NCc2c(C)[nH]c3ccccc3c2=O)cc1. The van der Waals surface area contributed by atoms with E-state index in [1.807, 2.05) is 31.2 Å². The summed E-state index contributed by atoms with van der Waals surface area (Å²) in [6, 6.07) is 14.5. The summed E-state index contributed by atoms with van der Waals surface area (Å²) in [5, 5.41) is 3.92. The summed E-state index contributed by atoms with van der Waals surface area (Å²) in [5.41, 5.74) is 3.76. The van der Waals surface area contributed by atoms with Crippen molar-refractivity contribution in [2.45, 2.75) is 20.4 Å². The minimum atomic E-state index is -0.337. The van der Waals surface area contributed by atoms with Gasteiger partial charge in [-0.25, -0.2) is 4.79 Å². The number of H-pyrrole nitrogens is 1. The molecule has 3 aromatic rings. The van der Waals surface area contributed by atoms with Crippen LogP contribution >= 0.6 is 0 Å². The highest BCUT2D eigenvalue weighted by molar-refractivity contribution is 5.89. The molecule has 0 saturated carbocycles. The van der Waals surface area contributed by atoms with E-state index in [-0.39, 0.29) is 11.4 Å². The Morgan fingerprint density at radius 2 is 1.84 bits per heavy atom. The van der Waals surface area contributed by atoms with E-state index in [0.29, 0.717) is 29.7 Å². The van der Waals surface area contributed by atoms with Crippen molar-refractivity contribution in [3.8, 4) is 0 Å². The van der Waals surface area contributed by atoms with Crippen molar-refractivity contribution in [3.63, 3.8) is 0 Å². The molecule has 0 aliphatic carbocycles. The number of para-hydroxylation sites is 1. The van der Waals surface area contributed by atoms with Crippen molar-refractivity contribution >= 4 is 22.6 Å². The second-order valence-corrected chi connectivity index (χ2v) is 5.75. The summed E-state index contributed by atoms with van der Waals surface area (Å²) in [6.45, 7) is 4.43. The largest absolute Gasteiger partial charge is 0.462 e. The second-order valence-electron chi connectivity index (χ2n) is 5.75. The zero-order chi connectivity index (χ0) is 17.8. The number of pyridine rings is 1. The fourth-order valence-electron chi connectivity index (χ4n) is 2.74. The van der Waals surface area contributed by atoms with Crippen LogP contribution in [-0.4, -0.2) is 17.6 Å². The Hall–Kier alpha value is -3.08. The predicted octanol–water partition coefficient (Wildman–Crippen LogP) is 3.63. The highest BCUT2D eigenvalue weighted by atomic mass is 16.5. The average molecular weight is 336 g/mol. The van der Waals surface area contributed by atoms with E-state index in [0.717, 1.165) is 16.9 Å². The number of benzene rings is 2. The van der Waals surface area contributed by atoms with Crippen molar-refractivity contribution in [1.29, 1.82) is 0 Å². The van der Waals surface area contributed by atoms with Crippen LogP contribution in [0.1, 0.15) is 28.5 Å². The van der Waals surface area contributed by atoms with Crippen molar-refractivity contribution in [2.75, 3.05) is 11.9 Å². The van der Waals surface area contributed by atoms with E-state index >= 15 is 0 Å². The molecule has 0 spiro atoms. The molecule has 5 heteroatoms. The summed E-state index contributed by atoms with van der Waals surface area (Å²) in [6.07, 6.45) is 0. The maximum atomic E-state index is 12.7. The van der Waals surface area contributed by atoms with Gasteiger partial charge in [0, 0.05) is 34.4 Å². The quantitative estimate of drug-likeness (QED) is 0.698. The standard InChI is InChI=1S/C20H20N2O3/c1-3-25-20(24)14-8-10-15(11-9-14)21-12-17-13(2)22-18-7-5-4-6-16(18)19(17)23/h4-11,21H,3,12H2,1-2H3,(H,22,23). The van der Waals surface area contributed by atoms with Gasteiger partial charge in [0.15, 0.2) is 5.43 Å². The third kappa shape index (κ3) is 3.55. The number of aromatic nitrogens is 1. The number of anilines is 1. The molecule has 1 heterocycles. The lowest BCUT2D eigenvalue weighted by molar-refractivity contribution is 0.0526. The molecule has 5 nitrogen and oxygen atoms in total. The lowest BCUT2D eigenvalue weighted by atomic mass is 10.1. The first-order valence-electron chi connectivity index (χ1n) is 8.21. The fourth-order valence-corrected chi connectivity index (χ4v) is 2.74. The first-order chi connectivity index (χ1) is 12.1. The molecular weight excluding hydrogens is 316 g/mol. The molecule has 2 aromatic carbocycles. The number of carbonyl (C=O) groups excluding carboxylic acids is 1. The lowest BCUT2D eigenvalue weighted by Crippen LogP contribution is -2.16. The number of fused-ring (bicyclic) bond motifs is 1. The average Bonchev–Trinajstić information content (AvgIpc) is 2.62. The zero-order valence-corrected chi connectivity index (χ0v) is 14.3. The molecule has 0 aliphatic heterocycles. The first-order valence-corrected chi connectivity index (χ1v) is 8.21. The molecule has 0 unspecified atom stereocenters. The summed E-state index contributed by atoms with van der Waals surface area (Å²) < 4.78 is 4.96. The maximum absolute atomic E-state index is 12.7. The zero-order valence-electron chi connectivity index (χ0n) is 14.3. The molecule has 128 valence electrons. The van der Waals surface area contributed by atoms with Gasteiger partial charge in [-0.15, -0.1) is 0 Å². The number of hydrogen-bond donors (Lipinski definition) is 2. The molecule has 0 aliphatic rings. The van der Waals surface area contributed by atoms with Crippen molar-refractivity contribution in [2.24, 2.45) is 0 Å². The van der Waals surface area contributed by atoms with Crippen molar-refractivity contribution < 1.29 is 9.53 Å². The Kier molecular flexibility index (Phi) is 4.84. The third-order valence-corrected chi connectivity index (χ3v) is 4.09. The van der Waals surface area contributed by atoms with Crippen LogP contribution in [0.4, 0.5) is 5.69 Å². The van der Waals surface area contributed by atoms with Gasteiger partial charge in [-0.3, -0.25) is 4.79 Å². The highest BCUT2D eigenvalue weighted by Gasteiger charge is 2.09. The van der Waals surface area contributed by atoms with Crippen LogP contribution in [0.3, 0.4) is 0 Å². The smallest absolute Gasteiger partial charge is 0.338 e. The van der Waals surface area contributed by atoms with Crippen molar-refractivity contribution in [3.05, 3.63) is 75.6 Å². The monoisotopic (exact) mass is 336 g/mol. The minimum absolute atomic E-state index is 0.0301.